The van der Waals surface area contributed by atoms with Gasteiger partial charge >= 0.3 is 0 Å². The molecule has 2 rings (SSSR count). The average molecular weight is 310 g/mol. The first-order valence-electron chi connectivity index (χ1n) is 8.34. The minimum atomic E-state index is -0.0660. The van der Waals surface area contributed by atoms with Crippen molar-refractivity contribution in [3.8, 4) is 0 Å². The van der Waals surface area contributed by atoms with E-state index >= 15 is 0 Å². The summed E-state index contributed by atoms with van der Waals surface area (Å²) in [5.41, 5.74) is 1.48. The Kier molecular flexibility index (Phi) is 6.41. The maximum absolute atomic E-state index is 11.4. The van der Waals surface area contributed by atoms with E-state index in [1.54, 1.807) is 0 Å². The topological polar surface area (TPSA) is 50.8 Å². The SMILES string of the molecule is C/C=C(\C)CN1CCC2(CC[C@@H](CNC(=O)COC)O2)CC1. The van der Waals surface area contributed by atoms with Crippen molar-refractivity contribution in [2.24, 2.45) is 0 Å². The van der Waals surface area contributed by atoms with E-state index in [1.165, 1.54) is 12.7 Å². The summed E-state index contributed by atoms with van der Waals surface area (Å²) in [5, 5.41) is 2.88. The second-order valence-electron chi connectivity index (χ2n) is 6.61. The summed E-state index contributed by atoms with van der Waals surface area (Å²) in [6.07, 6.45) is 6.72. The summed E-state index contributed by atoms with van der Waals surface area (Å²) >= 11 is 0. The van der Waals surface area contributed by atoms with Crippen LogP contribution in [-0.4, -0.2) is 62.4 Å². The van der Waals surface area contributed by atoms with Crippen LogP contribution in [0.4, 0.5) is 0 Å². The van der Waals surface area contributed by atoms with Gasteiger partial charge in [-0.25, -0.2) is 0 Å². The van der Waals surface area contributed by atoms with Gasteiger partial charge in [-0.05, 0) is 39.5 Å². The van der Waals surface area contributed by atoms with Crippen LogP contribution in [0.5, 0.6) is 0 Å². The molecule has 5 heteroatoms. The molecule has 2 saturated heterocycles. The molecule has 22 heavy (non-hydrogen) atoms. The van der Waals surface area contributed by atoms with Crippen LogP contribution < -0.4 is 5.32 Å². The van der Waals surface area contributed by atoms with Gasteiger partial charge in [0.1, 0.15) is 6.61 Å². The molecular formula is C17H30N2O3. The lowest BCUT2D eigenvalue weighted by molar-refractivity contribution is -0.126. The highest BCUT2D eigenvalue weighted by Crippen LogP contribution is 2.38. The van der Waals surface area contributed by atoms with Gasteiger partial charge in [-0.2, -0.15) is 0 Å². The minimum Gasteiger partial charge on any atom is -0.375 e. The van der Waals surface area contributed by atoms with Gasteiger partial charge in [0.15, 0.2) is 0 Å². The normalized spacial score (nSPS) is 25.6. The molecule has 2 heterocycles. The number of rotatable bonds is 6. The monoisotopic (exact) mass is 310 g/mol. The van der Waals surface area contributed by atoms with Crippen LogP contribution in [0.3, 0.4) is 0 Å². The number of amides is 1. The number of piperidine rings is 1. The molecule has 0 radical (unpaired) electrons. The van der Waals surface area contributed by atoms with Crippen LogP contribution in [0.1, 0.15) is 39.5 Å². The first-order valence-corrected chi connectivity index (χ1v) is 8.34. The number of nitrogens with zero attached hydrogens (tertiary/aromatic N) is 1. The smallest absolute Gasteiger partial charge is 0.246 e. The highest BCUT2D eigenvalue weighted by molar-refractivity contribution is 5.77. The van der Waals surface area contributed by atoms with Crippen molar-refractivity contribution < 1.29 is 14.3 Å². The number of methoxy groups -OCH3 is 1. The largest absolute Gasteiger partial charge is 0.375 e. The van der Waals surface area contributed by atoms with Crippen molar-refractivity contribution in [2.75, 3.05) is 39.9 Å². The molecule has 5 nitrogen and oxygen atoms in total. The van der Waals surface area contributed by atoms with Crippen LogP contribution in [-0.2, 0) is 14.3 Å². The van der Waals surface area contributed by atoms with Crippen molar-refractivity contribution in [1.82, 2.24) is 10.2 Å². The maximum atomic E-state index is 11.4. The van der Waals surface area contributed by atoms with Gasteiger partial charge in [-0.1, -0.05) is 11.6 Å². The lowest BCUT2D eigenvalue weighted by atomic mass is 9.88. The molecule has 2 aliphatic rings. The number of nitrogens with one attached hydrogen (secondary N) is 1. The highest BCUT2D eigenvalue weighted by Gasteiger charge is 2.42. The molecule has 0 aliphatic carbocycles. The van der Waals surface area contributed by atoms with Crippen molar-refractivity contribution in [3.63, 3.8) is 0 Å². The number of likely N-dealkylation sites (tertiary alicyclic amines) is 1. The molecule has 0 aromatic heterocycles. The standard InChI is InChI=1S/C17H30N2O3/c1-4-14(2)12-19-9-7-17(8-10-19)6-5-15(22-17)11-18-16(20)13-21-3/h4,15H,5-13H2,1-3H3,(H,18,20)/b14-4+/t15-/m0/s1. The maximum Gasteiger partial charge on any atom is 0.246 e. The molecule has 2 fully saturated rings. The number of carbonyl (C=O) groups excluding carboxylic acids is 1. The van der Waals surface area contributed by atoms with Crippen LogP contribution in [0.15, 0.2) is 11.6 Å². The second kappa shape index (κ2) is 8.09. The fourth-order valence-electron chi connectivity index (χ4n) is 3.38. The number of hydrogen-bond donors (Lipinski definition) is 1. The highest BCUT2D eigenvalue weighted by atomic mass is 16.5. The summed E-state index contributed by atoms with van der Waals surface area (Å²) in [5.74, 6) is -0.0660. The third-order valence-electron chi connectivity index (χ3n) is 4.87. The van der Waals surface area contributed by atoms with E-state index in [0.29, 0.717) is 6.54 Å². The predicted octanol–water partition coefficient (Wildman–Crippen LogP) is 1.73. The Morgan fingerprint density at radius 1 is 1.41 bits per heavy atom. The summed E-state index contributed by atoms with van der Waals surface area (Å²) in [7, 11) is 1.53. The Labute approximate surface area is 134 Å². The van der Waals surface area contributed by atoms with E-state index < -0.39 is 0 Å². The van der Waals surface area contributed by atoms with E-state index in [0.717, 1.165) is 45.3 Å². The van der Waals surface area contributed by atoms with E-state index in [1.807, 2.05) is 0 Å². The van der Waals surface area contributed by atoms with E-state index in [-0.39, 0.29) is 24.2 Å². The lowest BCUT2D eigenvalue weighted by Gasteiger charge is -2.39. The zero-order valence-electron chi connectivity index (χ0n) is 14.2. The molecule has 126 valence electrons. The van der Waals surface area contributed by atoms with Crippen molar-refractivity contribution in [3.05, 3.63) is 11.6 Å². The quantitative estimate of drug-likeness (QED) is 0.759. The molecule has 1 N–H and O–H groups in total. The molecule has 1 atom stereocenters. The molecule has 0 bridgehead atoms. The number of allylic oxidation sites excluding steroid dienone is 1. The molecule has 0 aromatic carbocycles. The molecule has 0 aromatic rings. The Morgan fingerprint density at radius 3 is 2.77 bits per heavy atom. The van der Waals surface area contributed by atoms with Gasteiger partial charge < -0.3 is 14.8 Å². The van der Waals surface area contributed by atoms with Crippen LogP contribution in [0.25, 0.3) is 0 Å². The summed E-state index contributed by atoms with van der Waals surface area (Å²) in [4.78, 5) is 13.9. The van der Waals surface area contributed by atoms with Gasteiger partial charge in [-0.15, -0.1) is 0 Å². The Hall–Kier alpha value is -0.910. The van der Waals surface area contributed by atoms with Crippen LogP contribution in [0.2, 0.25) is 0 Å². The molecule has 1 amide bonds. The van der Waals surface area contributed by atoms with Crippen molar-refractivity contribution in [2.45, 2.75) is 51.2 Å². The molecule has 0 saturated carbocycles. The van der Waals surface area contributed by atoms with Gasteiger partial charge in [0.2, 0.25) is 5.91 Å². The number of ether oxygens (including phenoxy) is 2. The molecule has 1 spiro atoms. The zero-order valence-corrected chi connectivity index (χ0v) is 14.2. The average Bonchev–Trinajstić information content (AvgIpc) is 2.91. The molecular weight excluding hydrogens is 280 g/mol. The van der Waals surface area contributed by atoms with E-state index in [2.05, 4.69) is 30.1 Å². The van der Waals surface area contributed by atoms with Gasteiger partial charge in [0.05, 0.1) is 11.7 Å². The fourth-order valence-corrected chi connectivity index (χ4v) is 3.38. The van der Waals surface area contributed by atoms with Crippen molar-refractivity contribution >= 4 is 5.91 Å². The molecule has 0 unspecified atom stereocenters. The summed E-state index contributed by atoms with van der Waals surface area (Å²) in [6.45, 7) is 8.30. The first-order chi connectivity index (χ1) is 10.6. The third-order valence-corrected chi connectivity index (χ3v) is 4.87. The second-order valence-corrected chi connectivity index (χ2v) is 6.61. The first kappa shape index (κ1) is 17.4. The lowest BCUT2D eigenvalue weighted by Crippen LogP contribution is -2.45. The number of carbonyl (C=O) groups is 1. The van der Waals surface area contributed by atoms with Crippen LogP contribution in [0, 0.1) is 0 Å². The van der Waals surface area contributed by atoms with E-state index in [9.17, 15) is 4.79 Å². The third kappa shape index (κ3) is 4.80. The van der Waals surface area contributed by atoms with Crippen LogP contribution >= 0.6 is 0 Å². The van der Waals surface area contributed by atoms with Gasteiger partial charge in [0.25, 0.3) is 0 Å². The fraction of sp³-hybridized carbons (Fsp3) is 0.824. The van der Waals surface area contributed by atoms with E-state index in [4.69, 9.17) is 9.47 Å². The Bertz CT molecular complexity index is 401. The predicted molar refractivity (Wildman–Crippen MR) is 86.8 cm³/mol. The summed E-state index contributed by atoms with van der Waals surface area (Å²) in [6, 6.07) is 0. The zero-order chi connectivity index (χ0) is 16.0. The van der Waals surface area contributed by atoms with Gasteiger partial charge in [-0.3, -0.25) is 9.69 Å². The van der Waals surface area contributed by atoms with Gasteiger partial charge in [0, 0.05) is 33.3 Å². The number of hydrogen-bond acceptors (Lipinski definition) is 4. The Balaban J connectivity index is 1.73. The summed E-state index contributed by atoms with van der Waals surface area (Å²) < 4.78 is 11.1. The minimum absolute atomic E-state index is 0.0526. The van der Waals surface area contributed by atoms with Crippen molar-refractivity contribution in [1.29, 1.82) is 0 Å². The molecule has 2 aliphatic heterocycles. The Morgan fingerprint density at radius 2 is 2.14 bits per heavy atom.